The van der Waals surface area contributed by atoms with Crippen molar-refractivity contribution in [3.63, 3.8) is 0 Å². The van der Waals surface area contributed by atoms with E-state index in [-0.39, 0.29) is 23.8 Å². The van der Waals surface area contributed by atoms with Crippen LogP contribution >= 0.6 is 11.6 Å². The van der Waals surface area contributed by atoms with Gasteiger partial charge < -0.3 is 18.9 Å². The van der Waals surface area contributed by atoms with Gasteiger partial charge in [-0.25, -0.2) is 18.4 Å². The van der Waals surface area contributed by atoms with E-state index in [0.29, 0.717) is 34.6 Å². The first-order valence-electron chi connectivity index (χ1n) is 11.6. The van der Waals surface area contributed by atoms with Crippen LogP contribution in [0, 0.1) is 0 Å². The standard InChI is InChI=1S/C23H29ClN6O6S/c1-6-36-18-10-15(18)22-27-28-23(30(22)19-16(33-3)8-7-9-17(19)34-4)29-37(31,32)13(2)20(35-5)21-25-11-14(24)12-26-21/h7-9,11-13,15,18,20H,6,10H2,1-5H3,(H,28,29)/t13-,15-,18-,20-/m0/s1. The number of methoxy groups -OCH3 is 3. The van der Waals surface area contributed by atoms with Gasteiger partial charge in [-0.05, 0) is 32.4 Å². The molecule has 0 saturated heterocycles. The number of hydrogen-bond donors (Lipinski definition) is 1. The Kier molecular flexibility index (Phi) is 8.17. The van der Waals surface area contributed by atoms with Crippen molar-refractivity contribution in [2.75, 3.05) is 32.7 Å². The van der Waals surface area contributed by atoms with E-state index in [9.17, 15) is 8.42 Å². The number of rotatable bonds is 12. The van der Waals surface area contributed by atoms with Gasteiger partial charge in [0.25, 0.3) is 0 Å². The number of aromatic nitrogens is 5. The van der Waals surface area contributed by atoms with Crippen molar-refractivity contribution in [1.29, 1.82) is 0 Å². The van der Waals surface area contributed by atoms with Crippen LogP contribution in [0.4, 0.5) is 5.95 Å². The Morgan fingerprint density at radius 2 is 1.78 bits per heavy atom. The minimum absolute atomic E-state index is 0.0290. The fraction of sp³-hybridized carbons (Fsp3) is 0.478. The topological polar surface area (TPSA) is 140 Å². The monoisotopic (exact) mass is 552 g/mol. The molecule has 200 valence electrons. The molecular formula is C23H29ClN6O6S. The number of nitrogens with one attached hydrogen (secondary N) is 1. The SMILES string of the molecule is CCO[C@H]1C[C@@H]1c1nnc(NS(=O)(=O)[C@@H](C)[C@H](OC)c2ncc(Cl)cn2)n1-c1c(OC)cccc1OC. The van der Waals surface area contributed by atoms with Crippen LogP contribution < -0.4 is 14.2 Å². The predicted molar refractivity (Wildman–Crippen MR) is 136 cm³/mol. The van der Waals surface area contributed by atoms with Crippen molar-refractivity contribution in [3.8, 4) is 17.2 Å². The fourth-order valence-electron chi connectivity index (χ4n) is 4.08. The average molecular weight is 553 g/mol. The Bertz CT molecular complexity index is 1310. The van der Waals surface area contributed by atoms with Gasteiger partial charge in [0.1, 0.15) is 34.4 Å². The molecule has 0 amide bonds. The lowest BCUT2D eigenvalue weighted by Gasteiger charge is -2.23. The zero-order valence-corrected chi connectivity index (χ0v) is 22.7. The molecule has 2 aromatic heterocycles. The summed E-state index contributed by atoms with van der Waals surface area (Å²) >= 11 is 5.88. The summed E-state index contributed by atoms with van der Waals surface area (Å²) in [5.41, 5.74) is 0.462. The van der Waals surface area contributed by atoms with E-state index in [1.54, 1.807) is 22.8 Å². The van der Waals surface area contributed by atoms with E-state index < -0.39 is 21.4 Å². The van der Waals surface area contributed by atoms with Gasteiger partial charge in [0, 0.05) is 32.0 Å². The summed E-state index contributed by atoms with van der Waals surface area (Å²) in [5, 5.41) is 7.76. The van der Waals surface area contributed by atoms with Gasteiger partial charge in [0.15, 0.2) is 5.82 Å². The van der Waals surface area contributed by atoms with Crippen LogP contribution in [-0.2, 0) is 19.5 Å². The van der Waals surface area contributed by atoms with Crippen molar-refractivity contribution in [3.05, 3.63) is 47.3 Å². The van der Waals surface area contributed by atoms with Crippen molar-refractivity contribution in [2.45, 2.75) is 43.6 Å². The Hall–Kier alpha value is -3.00. The lowest BCUT2D eigenvalue weighted by molar-refractivity contribution is 0.0950. The molecule has 1 aliphatic rings. The minimum Gasteiger partial charge on any atom is -0.494 e. The van der Waals surface area contributed by atoms with Crippen molar-refractivity contribution in [2.24, 2.45) is 0 Å². The Balaban J connectivity index is 1.76. The van der Waals surface area contributed by atoms with Gasteiger partial charge in [0.2, 0.25) is 16.0 Å². The molecule has 14 heteroatoms. The number of hydrogen-bond acceptors (Lipinski definition) is 10. The number of halogens is 1. The highest BCUT2D eigenvalue weighted by atomic mass is 35.5. The maximum Gasteiger partial charge on any atom is 0.243 e. The summed E-state index contributed by atoms with van der Waals surface area (Å²) in [7, 11) is 0.327. The van der Waals surface area contributed by atoms with E-state index >= 15 is 0 Å². The Morgan fingerprint density at radius 3 is 2.35 bits per heavy atom. The lowest BCUT2D eigenvalue weighted by Crippen LogP contribution is -2.33. The van der Waals surface area contributed by atoms with Gasteiger partial charge in [-0.15, -0.1) is 10.2 Å². The molecule has 2 heterocycles. The van der Waals surface area contributed by atoms with Gasteiger partial charge in [-0.3, -0.25) is 9.29 Å². The van der Waals surface area contributed by atoms with Crippen molar-refractivity contribution in [1.82, 2.24) is 24.7 Å². The molecule has 37 heavy (non-hydrogen) atoms. The van der Waals surface area contributed by atoms with Gasteiger partial charge >= 0.3 is 0 Å². The van der Waals surface area contributed by atoms with Crippen LogP contribution in [0.3, 0.4) is 0 Å². The molecule has 1 fully saturated rings. The summed E-state index contributed by atoms with van der Waals surface area (Å²) in [6, 6.07) is 5.26. The second kappa shape index (κ2) is 11.2. The largest absolute Gasteiger partial charge is 0.494 e. The minimum atomic E-state index is -4.09. The third-order valence-corrected chi connectivity index (χ3v) is 7.94. The number of ether oxygens (including phenoxy) is 4. The molecule has 0 radical (unpaired) electrons. The zero-order valence-electron chi connectivity index (χ0n) is 21.1. The second-order valence-corrected chi connectivity index (χ2v) is 10.8. The second-order valence-electron chi connectivity index (χ2n) is 8.33. The lowest BCUT2D eigenvalue weighted by atomic mass is 10.2. The quantitative estimate of drug-likeness (QED) is 0.356. The van der Waals surface area contributed by atoms with Crippen LogP contribution in [0.5, 0.6) is 11.5 Å². The highest BCUT2D eigenvalue weighted by molar-refractivity contribution is 7.93. The number of sulfonamides is 1. The van der Waals surface area contributed by atoms with Crippen molar-refractivity contribution < 1.29 is 27.4 Å². The molecule has 1 N–H and O–H groups in total. The molecule has 4 atom stereocenters. The Morgan fingerprint density at radius 1 is 1.14 bits per heavy atom. The molecule has 0 bridgehead atoms. The summed E-state index contributed by atoms with van der Waals surface area (Å²) in [6.45, 7) is 3.96. The number of anilines is 1. The molecule has 1 aliphatic carbocycles. The Labute approximate surface area is 220 Å². The smallest absolute Gasteiger partial charge is 0.243 e. The van der Waals surface area contributed by atoms with Gasteiger partial charge in [0.05, 0.1) is 25.3 Å². The summed E-state index contributed by atoms with van der Waals surface area (Å²) in [6.07, 6.45) is 2.47. The molecule has 1 aromatic carbocycles. The average Bonchev–Trinajstić information content (AvgIpc) is 3.54. The molecule has 12 nitrogen and oxygen atoms in total. The van der Waals surface area contributed by atoms with Gasteiger partial charge in [-0.2, -0.15) is 0 Å². The summed E-state index contributed by atoms with van der Waals surface area (Å²) in [5.74, 6) is 1.50. The molecule has 4 rings (SSSR count). The van der Waals surface area contributed by atoms with Crippen LogP contribution in [-0.4, -0.2) is 72.4 Å². The first-order chi connectivity index (χ1) is 17.7. The number of nitrogens with zero attached hydrogens (tertiary/aromatic N) is 5. The molecule has 0 aliphatic heterocycles. The van der Waals surface area contributed by atoms with E-state index in [1.165, 1.54) is 40.6 Å². The fourth-order valence-corrected chi connectivity index (χ4v) is 5.30. The maximum atomic E-state index is 13.6. The van der Waals surface area contributed by atoms with Crippen LogP contribution in [0.25, 0.3) is 5.69 Å². The number of benzene rings is 1. The van der Waals surface area contributed by atoms with Crippen LogP contribution in [0.1, 0.15) is 43.9 Å². The third-order valence-electron chi connectivity index (χ3n) is 6.06. The number of para-hydroxylation sites is 1. The summed E-state index contributed by atoms with van der Waals surface area (Å²) < 4.78 is 53.7. The molecule has 0 unspecified atom stereocenters. The first kappa shape index (κ1) is 27.0. The maximum absolute atomic E-state index is 13.6. The summed E-state index contributed by atoms with van der Waals surface area (Å²) in [4.78, 5) is 8.25. The van der Waals surface area contributed by atoms with Gasteiger partial charge in [-0.1, -0.05) is 17.7 Å². The van der Waals surface area contributed by atoms with Crippen LogP contribution in [0.2, 0.25) is 5.02 Å². The highest BCUT2D eigenvalue weighted by Gasteiger charge is 2.45. The zero-order chi connectivity index (χ0) is 26.7. The molecular weight excluding hydrogens is 524 g/mol. The van der Waals surface area contributed by atoms with Crippen molar-refractivity contribution >= 4 is 27.6 Å². The first-order valence-corrected chi connectivity index (χ1v) is 13.5. The highest BCUT2D eigenvalue weighted by Crippen LogP contribution is 2.46. The predicted octanol–water partition coefficient (Wildman–Crippen LogP) is 3.14. The molecule has 0 spiro atoms. The molecule has 3 aromatic rings. The van der Waals surface area contributed by atoms with Crippen LogP contribution in [0.15, 0.2) is 30.6 Å². The van der Waals surface area contributed by atoms with E-state index in [2.05, 4.69) is 24.9 Å². The third kappa shape index (κ3) is 5.49. The van der Waals surface area contributed by atoms with E-state index in [4.69, 9.17) is 30.5 Å². The normalized spacial score (nSPS) is 18.8. The molecule has 1 saturated carbocycles. The van der Waals surface area contributed by atoms with E-state index in [1.807, 2.05) is 6.92 Å². The van der Waals surface area contributed by atoms with E-state index in [0.717, 1.165) is 6.42 Å².